The second-order valence-electron chi connectivity index (χ2n) is 5.06. The third-order valence-corrected chi connectivity index (χ3v) is 3.46. The van der Waals surface area contributed by atoms with Crippen LogP contribution in [-0.2, 0) is 0 Å². The first-order valence-corrected chi connectivity index (χ1v) is 7.59. The topological polar surface area (TPSA) is 76.7 Å². The maximum Gasteiger partial charge on any atom is 0.254 e. The van der Waals surface area contributed by atoms with Crippen molar-refractivity contribution in [2.24, 2.45) is 0 Å². The molecule has 0 unspecified atom stereocenters. The van der Waals surface area contributed by atoms with Gasteiger partial charge in [-0.25, -0.2) is 4.39 Å². The molecular formula is C18H19FN2O4. The fourth-order valence-electron chi connectivity index (χ4n) is 2.17. The van der Waals surface area contributed by atoms with Gasteiger partial charge in [0.25, 0.3) is 11.8 Å². The highest BCUT2D eigenvalue weighted by atomic mass is 19.1. The summed E-state index contributed by atoms with van der Waals surface area (Å²) in [4.78, 5) is 23.9. The summed E-state index contributed by atoms with van der Waals surface area (Å²) >= 11 is 0. The van der Waals surface area contributed by atoms with E-state index in [1.54, 1.807) is 24.3 Å². The van der Waals surface area contributed by atoms with Crippen LogP contribution in [-0.4, -0.2) is 39.1 Å². The minimum Gasteiger partial charge on any atom is -0.493 e. The lowest BCUT2D eigenvalue weighted by atomic mass is 10.2. The van der Waals surface area contributed by atoms with Gasteiger partial charge in [-0.1, -0.05) is 12.1 Å². The molecule has 2 N–H and O–H groups in total. The number of amides is 2. The Kier molecular flexibility index (Phi) is 6.33. The van der Waals surface area contributed by atoms with Crippen LogP contribution < -0.4 is 20.1 Å². The van der Waals surface area contributed by atoms with E-state index in [1.165, 1.54) is 32.4 Å². The van der Waals surface area contributed by atoms with Crippen LogP contribution in [0.15, 0.2) is 42.5 Å². The third-order valence-electron chi connectivity index (χ3n) is 3.46. The van der Waals surface area contributed by atoms with Gasteiger partial charge in [0.2, 0.25) is 0 Å². The summed E-state index contributed by atoms with van der Waals surface area (Å²) in [5.74, 6) is -0.465. The van der Waals surface area contributed by atoms with Crippen LogP contribution in [0.2, 0.25) is 0 Å². The molecule has 6 nitrogen and oxygen atoms in total. The van der Waals surface area contributed by atoms with Crippen molar-refractivity contribution in [2.45, 2.75) is 0 Å². The predicted octanol–water partition coefficient (Wildman–Crippen LogP) is 2.00. The van der Waals surface area contributed by atoms with Gasteiger partial charge in [-0.15, -0.1) is 0 Å². The molecule has 0 aliphatic carbocycles. The first-order valence-electron chi connectivity index (χ1n) is 7.59. The van der Waals surface area contributed by atoms with Crippen molar-refractivity contribution in [1.29, 1.82) is 0 Å². The summed E-state index contributed by atoms with van der Waals surface area (Å²) in [6.45, 7) is 0.375. The van der Waals surface area contributed by atoms with E-state index >= 15 is 0 Å². The van der Waals surface area contributed by atoms with Crippen molar-refractivity contribution < 1.29 is 23.5 Å². The van der Waals surface area contributed by atoms with E-state index in [9.17, 15) is 14.0 Å². The minimum atomic E-state index is -0.589. The van der Waals surface area contributed by atoms with E-state index in [-0.39, 0.29) is 24.6 Å². The fraction of sp³-hybridized carbons (Fsp3) is 0.222. The SMILES string of the molecule is COc1ccc(C(=O)NCCNC(=O)c2ccccc2F)cc1OC. The average molecular weight is 346 g/mol. The van der Waals surface area contributed by atoms with Crippen molar-refractivity contribution >= 4 is 11.8 Å². The van der Waals surface area contributed by atoms with E-state index < -0.39 is 11.7 Å². The quantitative estimate of drug-likeness (QED) is 0.752. The summed E-state index contributed by atoms with van der Waals surface area (Å²) in [7, 11) is 2.99. The molecule has 7 heteroatoms. The lowest BCUT2D eigenvalue weighted by Crippen LogP contribution is -2.35. The van der Waals surface area contributed by atoms with Crippen molar-refractivity contribution in [1.82, 2.24) is 10.6 Å². The van der Waals surface area contributed by atoms with Crippen molar-refractivity contribution in [3.8, 4) is 11.5 Å². The summed E-state index contributed by atoms with van der Waals surface area (Å²) in [5, 5.41) is 5.21. The highest BCUT2D eigenvalue weighted by molar-refractivity contribution is 5.95. The largest absolute Gasteiger partial charge is 0.493 e. The van der Waals surface area contributed by atoms with E-state index in [4.69, 9.17) is 9.47 Å². The average Bonchev–Trinajstić information content (AvgIpc) is 2.64. The maximum absolute atomic E-state index is 13.5. The Bertz CT molecular complexity index is 764. The highest BCUT2D eigenvalue weighted by Gasteiger charge is 2.12. The first kappa shape index (κ1) is 18.3. The maximum atomic E-state index is 13.5. The molecule has 0 saturated heterocycles. The Hall–Kier alpha value is -3.09. The number of rotatable bonds is 7. The Morgan fingerprint density at radius 2 is 1.56 bits per heavy atom. The van der Waals surface area contributed by atoms with Gasteiger partial charge >= 0.3 is 0 Å². The number of hydrogen-bond donors (Lipinski definition) is 2. The van der Waals surface area contributed by atoms with E-state index in [1.807, 2.05) is 0 Å². The number of hydrogen-bond acceptors (Lipinski definition) is 4. The standard InChI is InChI=1S/C18H19FN2O4/c1-24-15-8-7-12(11-16(15)25-2)17(22)20-9-10-21-18(23)13-5-3-4-6-14(13)19/h3-8,11H,9-10H2,1-2H3,(H,20,22)(H,21,23). The summed E-state index contributed by atoms with van der Waals surface area (Å²) in [6.07, 6.45) is 0. The van der Waals surface area contributed by atoms with Crippen LogP contribution in [0.3, 0.4) is 0 Å². The zero-order valence-corrected chi connectivity index (χ0v) is 14.0. The molecule has 0 radical (unpaired) electrons. The van der Waals surface area contributed by atoms with E-state index in [2.05, 4.69) is 10.6 Å². The molecule has 2 aromatic rings. The molecule has 2 aromatic carbocycles. The molecule has 25 heavy (non-hydrogen) atoms. The lowest BCUT2D eigenvalue weighted by molar-refractivity contribution is 0.0925. The Labute approximate surface area is 144 Å². The molecular weight excluding hydrogens is 327 g/mol. The molecule has 0 fully saturated rings. The Balaban J connectivity index is 1.85. The predicted molar refractivity (Wildman–Crippen MR) is 90.6 cm³/mol. The number of nitrogens with one attached hydrogen (secondary N) is 2. The van der Waals surface area contributed by atoms with Gasteiger partial charge in [0.1, 0.15) is 5.82 Å². The third kappa shape index (κ3) is 4.69. The lowest BCUT2D eigenvalue weighted by Gasteiger charge is -2.10. The van der Waals surface area contributed by atoms with Gasteiger partial charge < -0.3 is 20.1 Å². The van der Waals surface area contributed by atoms with Gasteiger partial charge in [-0.05, 0) is 30.3 Å². The van der Waals surface area contributed by atoms with Gasteiger partial charge in [-0.3, -0.25) is 9.59 Å². The summed E-state index contributed by atoms with van der Waals surface area (Å²) < 4.78 is 23.7. The molecule has 2 rings (SSSR count). The zero-order valence-electron chi connectivity index (χ0n) is 14.0. The van der Waals surface area contributed by atoms with Crippen molar-refractivity contribution in [3.63, 3.8) is 0 Å². The van der Waals surface area contributed by atoms with Crippen LogP contribution in [0.4, 0.5) is 4.39 Å². The summed E-state index contributed by atoms with van der Waals surface area (Å²) in [5.41, 5.74) is 0.367. The van der Waals surface area contributed by atoms with Gasteiger partial charge in [-0.2, -0.15) is 0 Å². The molecule has 0 heterocycles. The molecule has 132 valence electrons. The van der Waals surface area contributed by atoms with Gasteiger partial charge in [0.15, 0.2) is 11.5 Å². The molecule has 0 atom stereocenters. The number of benzene rings is 2. The molecule has 0 bridgehead atoms. The number of methoxy groups -OCH3 is 2. The number of ether oxygens (including phenoxy) is 2. The second-order valence-corrected chi connectivity index (χ2v) is 5.06. The number of halogens is 1. The van der Waals surface area contributed by atoms with Crippen LogP contribution in [0.25, 0.3) is 0 Å². The van der Waals surface area contributed by atoms with E-state index in [0.29, 0.717) is 17.1 Å². The van der Waals surface area contributed by atoms with Crippen LogP contribution in [0.5, 0.6) is 11.5 Å². The zero-order chi connectivity index (χ0) is 18.2. The van der Waals surface area contributed by atoms with Crippen LogP contribution in [0.1, 0.15) is 20.7 Å². The number of carbonyl (C=O) groups is 2. The van der Waals surface area contributed by atoms with Crippen LogP contribution in [0, 0.1) is 5.82 Å². The Morgan fingerprint density at radius 1 is 0.920 bits per heavy atom. The highest BCUT2D eigenvalue weighted by Crippen LogP contribution is 2.27. The first-order chi connectivity index (χ1) is 12.1. The fourth-order valence-corrected chi connectivity index (χ4v) is 2.17. The molecule has 2 amide bonds. The van der Waals surface area contributed by atoms with Crippen molar-refractivity contribution in [2.75, 3.05) is 27.3 Å². The van der Waals surface area contributed by atoms with Gasteiger partial charge in [0, 0.05) is 18.7 Å². The smallest absolute Gasteiger partial charge is 0.254 e. The van der Waals surface area contributed by atoms with Crippen LogP contribution >= 0.6 is 0 Å². The Morgan fingerprint density at radius 3 is 2.20 bits per heavy atom. The van der Waals surface area contributed by atoms with Gasteiger partial charge in [0.05, 0.1) is 19.8 Å². The molecule has 0 aromatic heterocycles. The number of carbonyl (C=O) groups excluding carboxylic acids is 2. The normalized spacial score (nSPS) is 10.0. The minimum absolute atomic E-state index is 0.0336. The monoisotopic (exact) mass is 346 g/mol. The summed E-state index contributed by atoms with van der Waals surface area (Å²) in [6, 6.07) is 10.5. The van der Waals surface area contributed by atoms with E-state index in [0.717, 1.165) is 0 Å². The molecule has 0 spiro atoms. The van der Waals surface area contributed by atoms with Crippen molar-refractivity contribution in [3.05, 3.63) is 59.4 Å². The molecule has 0 aliphatic rings. The molecule has 0 aliphatic heterocycles. The second kappa shape index (κ2) is 8.68. The molecule has 0 saturated carbocycles.